The number of ketones is 1. The van der Waals surface area contributed by atoms with E-state index < -0.39 is 5.97 Å². The smallest absolute Gasteiger partial charge is 0.342 e. The first-order chi connectivity index (χ1) is 9.86. The molecule has 0 aliphatic heterocycles. The molecule has 1 aliphatic rings. The van der Waals surface area contributed by atoms with Gasteiger partial charge in [-0.15, -0.1) is 0 Å². The number of hydrogen-bond donors (Lipinski definition) is 0. The Morgan fingerprint density at radius 1 is 1.48 bits per heavy atom. The SMILES string of the molecule is CCOC(=O)c1c(C)oc2c1=C(Cl)C(=O)C(CN(C)C)C=2. The van der Waals surface area contributed by atoms with Crippen LogP contribution in [-0.2, 0) is 9.53 Å². The predicted octanol–water partition coefficient (Wildman–Crippen LogP) is 0.653. The zero-order valence-corrected chi connectivity index (χ0v) is 13.3. The molecule has 21 heavy (non-hydrogen) atoms. The number of hydrogen-bond acceptors (Lipinski definition) is 5. The lowest BCUT2D eigenvalue weighted by Gasteiger charge is -2.18. The number of halogens is 1. The molecule has 0 amide bonds. The monoisotopic (exact) mass is 311 g/mol. The molecule has 2 rings (SSSR count). The van der Waals surface area contributed by atoms with Crippen molar-refractivity contribution in [3.8, 4) is 0 Å². The Morgan fingerprint density at radius 2 is 2.14 bits per heavy atom. The van der Waals surface area contributed by atoms with E-state index in [0.29, 0.717) is 22.9 Å². The number of fused-ring (bicyclic) bond motifs is 1. The van der Waals surface area contributed by atoms with Crippen LogP contribution in [0.2, 0.25) is 0 Å². The minimum Gasteiger partial charge on any atom is -0.462 e. The molecule has 0 aromatic carbocycles. The van der Waals surface area contributed by atoms with Crippen LogP contribution in [0.4, 0.5) is 0 Å². The molecule has 1 unspecified atom stereocenters. The number of rotatable bonds is 4. The average Bonchev–Trinajstić information content (AvgIpc) is 2.72. The first-order valence-electron chi connectivity index (χ1n) is 6.73. The van der Waals surface area contributed by atoms with Crippen molar-refractivity contribution in [3.63, 3.8) is 0 Å². The number of Topliss-reactive ketones (excluding diaryl/α,β-unsaturated/α-hetero) is 1. The summed E-state index contributed by atoms with van der Waals surface area (Å²) in [5.74, 6) is -0.693. The summed E-state index contributed by atoms with van der Waals surface area (Å²) in [6.07, 6.45) is 1.72. The van der Waals surface area contributed by atoms with Gasteiger partial charge in [-0.3, -0.25) is 4.79 Å². The summed E-state index contributed by atoms with van der Waals surface area (Å²) in [4.78, 5) is 26.3. The maximum Gasteiger partial charge on any atom is 0.342 e. The molecular formula is C15H18ClNO4. The van der Waals surface area contributed by atoms with Gasteiger partial charge in [-0.2, -0.15) is 0 Å². The number of esters is 1. The van der Waals surface area contributed by atoms with Crippen LogP contribution in [0, 0.1) is 12.8 Å². The third kappa shape index (κ3) is 2.89. The Kier molecular flexibility index (Phi) is 4.54. The largest absolute Gasteiger partial charge is 0.462 e. The quantitative estimate of drug-likeness (QED) is 0.764. The van der Waals surface area contributed by atoms with Crippen molar-refractivity contribution in [2.45, 2.75) is 13.8 Å². The van der Waals surface area contributed by atoms with Crippen LogP contribution in [0.25, 0.3) is 11.1 Å². The highest BCUT2D eigenvalue weighted by Crippen LogP contribution is 2.18. The van der Waals surface area contributed by atoms with Gasteiger partial charge in [-0.05, 0) is 34.0 Å². The van der Waals surface area contributed by atoms with Gasteiger partial charge >= 0.3 is 5.97 Å². The van der Waals surface area contributed by atoms with Crippen molar-refractivity contribution >= 4 is 34.5 Å². The van der Waals surface area contributed by atoms with Gasteiger partial charge in [0.05, 0.1) is 22.8 Å². The van der Waals surface area contributed by atoms with Gasteiger partial charge < -0.3 is 14.1 Å². The Morgan fingerprint density at radius 3 is 2.71 bits per heavy atom. The number of aryl methyl sites for hydroxylation is 1. The number of carbonyl (C=O) groups is 2. The minimum absolute atomic E-state index is 0.0410. The van der Waals surface area contributed by atoms with Crippen molar-refractivity contribution in [1.82, 2.24) is 4.90 Å². The Labute approximate surface area is 127 Å². The standard InChI is InChI=1S/C15H18ClNO4/c1-5-20-15(19)11-8(2)21-10-6-9(7-17(3)4)14(18)13(16)12(10)11/h6,9H,5,7H2,1-4H3. The number of carbonyl (C=O) groups excluding carboxylic acids is 2. The summed E-state index contributed by atoms with van der Waals surface area (Å²) in [7, 11) is 3.75. The lowest BCUT2D eigenvalue weighted by Crippen LogP contribution is -2.39. The van der Waals surface area contributed by atoms with Crippen LogP contribution in [0.1, 0.15) is 23.0 Å². The third-order valence-electron chi connectivity index (χ3n) is 3.28. The van der Waals surface area contributed by atoms with Gasteiger partial charge in [-0.1, -0.05) is 11.6 Å². The van der Waals surface area contributed by atoms with E-state index in [0.717, 1.165) is 0 Å². The zero-order chi connectivity index (χ0) is 15.7. The fourth-order valence-electron chi connectivity index (χ4n) is 2.42. The number of furan rings is 1. The normalized spacial score (nSPS) is 17.7. The predicted molar refractivity (Wildman–Crippen MR) is 79.4 cm³/mol. The van der Waals surface area contributed by atoms with Crippen molar-refractivity contribution in [1.29, 1.82) is 0 Å². The number of ether oxygens (including phenoxy) is 1. The summed E-state index contributed by atoms with van der Waals surface area (Å²) in [5.41, 5.74) is 0.705. The summed E-state index contributed by atoms with van der Waals surface area (Å²) < 4.78 is 10.6. The topological polar surface area (TPSA) is 59.8 Å². The van der Waals surface area contributed by atoms with Gasteiger partial charge in [0.25, 0.3) is 0 Å². The molecule has 0 bridgehead atoms. The van der Waals surface area contributed by atoms with Crippen LogP contribution < -0.4 is 10.6 Å². The van der Waals surface area contributed by atoms with E-state index in [1.807, 2.05) is 19.0 Å². The molecule has 1 aromatic rings. The van der Waals surface area contributed by atoms with E-state index in [1.165, 1.54) is 0 Å². The molecule has 0 fully saturated rings. The molecule has 1 atom stereocenters. The van der Waals surface area contributed by atoms with E-state index in [9.17, 15) is 9.59 Å². The Bertz CT molecular complexity index is 702. The van der Waals surface area contributed by atoms with Crippen molar-refractivity contribution < 1.29 is 18.7 Å². The summed E-state index contributed by atoms with van der Waals surface area (Å²) in [6.45, 7) is 4.16. The lowest BCUT2D eigenvalue weighted by molar-refractivity contribution is -0.115. The first-order valence-corrected chi connectivity index (χ1v) is 7.11. The fourth-order valence-corrected chi connectivity index (χ4v) is 2.75. The van der Waals surface area contributed by atoms with Gasteiger partial charge in [0, 0.05) is 6.54 Å². The first kappa shape index (κ1) is 15.8. The second-order valence-electron chi connectivity index (χ2n) is 5.21. The molecule has 0 N–H and O–H groups in total. The van der Waals surface area contributed by atoms with Gasteiger partial charge in [0.1, 0.15) is 16.7 Å². The van der Waals surface area contributed by atoms with Crippen LogP contribution in [0.3, 0.4) is 0 Å². The Balaban J connectivity index is 2.62. The van der Waals surface area contributed by atoms with Gasteiger partial charge in [0.2, 0.25) is 0 Å². The molecule has 0 spiro atoms. The molecule has 0 saturated heterocycles. The summed E-state index contributed by atoms with van der Waals surface area (Å²) in [6, 6.07) is 0. The van der Waals surface area contributed by atoms with Crippen LogP contribution in [0.5, 0.6) is 0 Å². The third-order valence-corrected chi connectivity index (χ3v) is 3.65. The number of nitrogens with zero attached hydrogens (tertiary/aromatic N) is 1. The lowest BCUT2D eigenvalue weighted by atomic mass is 9.97. The van der Waals surface area contributed by atoms with Crippen molar-refractivity contribution in [2.24, 2.45) is 5.92 Å². The summed E-state index contributed by atoms with van der Waals surface area (Å²) in [5, 5.41) is 0.395. The molecule has 114 valence electrons. The maximum absolute atomic E-state index is 12.3. The van der Waals surface area contributed by atoms with E-state index in [4.69, 9.17) is 20.8 Å². The molecule has 1 aliphatic carbocycles. The highest BCUT2D eigenvalue weighted by atomic mass is 35.5. The van der Waals surface area contributed by atoms with Crippen LogP contribution in [-0.4, -0.2) is 43.9 Å². The maximum atomic E-state index is 12.3. The van der Waals surface area contributed by atoms with E-state index in [2.05, 4.69) is 0 Å². The highest BCUT2D eigenvalue weighted by molar-refractivity contribution is 6.61. The van der Waals surface area contributed by atoms with Gasteiger partial charge in [0.15, 0.2) is 5.78 Å². The van der Waals surface area contributed by atoms with Crippen molar-refractivity contribution in [3.05, 3.63) is 22.0 Å². The summed E-state index contributed by atoms with van der Waals surface area (Å²) >= 11 is 6.20. The highest BCUT2D eigenvalue weighted by Gasteiger charge is 2.29. The van der Waals surface area contributed by atoms with E-state index in [-0.39, 0.29) is 28.9 Å². The molecule has 1 heterocycles. The molecular weight excluding hydrogens is 294 g/mol. The fraction of sp³-hybridized carbons (Fsp3) is 0.467. The van der Waals surface area contributed by atoms with Crippen LogP contribution in [0.15, 0.2) is 4.42 Å². The molecule has 1 aromatic heterocycles. The van der Waals surface area contributed by atoms with Crippen molar-refractivity contribution in [2.75, 3.05) is 27.2 Å². The zero-order valence-electron chi connectivity index (χ0n) is 12.5. The molecule has 6 heteroatoms. The molecule has 5 nitrogen and oxygen atoms in total. The average molecular weight is 312 g/mol. The minimum atomic E-state index is -0.523. The molecule has 0 radical (unpaired) electrons. The molecule has 0 saturated carbocycles. The van der Waals surface area contributed by atoms with Crippen LogP contribution >= 0.6 is 11.6 Å². The van der Waals surface area contributed by atoms with E-state index in [1.54, 1.807) is 19.9 Å². The second-order valence-corrected chi connectivity index (χ2v) is 5.58. The van der Waals surface area contributed by atoms with E-state index >= 15 is 0 Å². The second kappa shape index (κ2) is 6.03. The Hall–Kier alpha value is -1.59. The van der Waals surface area contributed by atoms with Gasteiger partial charge in [-0.25, -0.2) is 4.79 Å².